The van der Waals surface area contributed by atoms with E-state index in [0.717, 1.165) is 31.5 Å². The molecule has 3 heterocycles. The van der Waals surface area contributed by atoms with Gasteiger partial charge in [0.25, 0.3) is 0 Å². The summed E-state index contributed by atoms with van der Waals surface area (Å²) in [5.41, 5.74) is 2.14. The number of hydrogen-bond donors (Lipinski definition) is 0. The molecule has 134 valence electrons. The van der Waals surface area contributed by atoms with E-state index in [4.69, 9.17) is 4.42 Å². The zero-order valence-electron chi connectivity index (χ0n) is 14.9. The summed E-state index contributed by atoms with van der Waals surface area (Å²) in [5.74, 6) is 1.30. The highest BCUT2D eigenvalue weighted by Gasteiger charge is 2.24. The number of benzene rings is 1. The summed E-state index contributed by atoms with van der Waals surface area (Å²) in [7, 11) is 0. The van der Waals surface area contributed by atoms with Crippen LogP contribution in [0.25, 0.3) is 11.5 Å². The molecule has 3 aromatic rings. The van der Waals surface area contributed by atoms with E-state index in [2.05, 4.69) is 32.2 Å². The van der Waals surface area contributed by atoms with E-state index in [-0.39, 0.29) is 0 Å². The van der Waals surface area contributed by atoms with Crippen LogP contribution in [0.3, 0.4) is 0 Å². The smallest absolute Gasteiger partial charge is 0.247 e. The normalized spacial score (nSPS) is 18.1. The monoisotopic (exact) mass is 348 g/mol. The van der Waals surface area contributed by atoms with E-state index in [1.807, 2.05) is 42.6 Å². The van der Waals surface area contributed by atoms with Crippen molar-refractivity contribution < 1.29 is 4.42 Å². The average Bonchev–Trinajstić information content (AvgIpc) is 3.17. The molecule has 1 aromatic carbocycles. The van der Waals surface area contributed by atoms with Crippen LogP contribution < -0.4 is 0 Å². The quantitative estimate of drug-likeness (QED) is 0.671. The summed E-state index contributed by atoms with van der Waals surface area (Å²) in [6.07, 6.45) is 7.77. The van der Waals surface area contributed by atoms with Gasteiger partial charge in [-0.1, -0.05) is 30.7 Å². The molecule has 5 nitrogen and oxygen atoms in total. The van der Waals surface area contributed by atoms with Crippen LogP contribution in [-0.4, -0.2) is 32.7 Å². The lowest BCUT2D eigenvalue weighted by molar-refractivity contribution is 0.121. The van der Waals surface area contributed by atoms with E-state index in [1.165, 1.54) is 25.0 Å². The van der Waals surface area contributed by atoms with Crippen LogP contribution in [0.4, 0.5) is 0 Å². The standard InChI is InChI=1S/C21H24N4O/c1-2-8-17(9-3-1)21-24-23-20(26-21)16-25-15-7-5-11-19(25)13-12-18-10-4-6-14-22-18/h1-4,6,8-10,14,19H,5,7,11-13,15-16H2. The molecular weight excluding hydrogens is 324 g/mol. The van der Waals surface area contributed by atoms with Gasteiger partial charge in [0.15, 0.2) is 0 Å². The number of aromatic nitrogens is 3. The van der Waals surface area contributed by atoms with Crippen molar-refractivity contribution in [2.75, 3.05) is 6.54 Å². The molecule has 5 heteroatoms. The molecule has 0 aliphatic carbocycles. The fourth-order valence-electron chi connectivity index (χ4n) is 3.64. The van der Waals surface area contributed by atoms with Gasteiger partial charge in [0.1, 0.15) is 0 Å². The number of hydrogen-bond acceptors (Lipinski definition) is 5. The number of pyridine rings is 1. The van der Waals surface area contributed by atoms with Gasteiger partial charge in [-0.25, -0.2) is 0 Å². The van der Waals surface area contributed by atoms with Gasteiger partial charge in [-0.15, -0.1) is 10.2 Å². The molecule has 0 spiro atoms. The van der Waals surface area contributed by atoms with E-state index in [1.54, 1.807) is 0 Å². The maximum Gasteiger partial charge on any atom is 0.247 e. The molecule has 0 amide bonds. The second kappa shape index (κ2) is 8.23. The van der Waals surface area contributed by atoms with Crippen LogP contribution in [0, 0.1) is 0 Å². The second-order valence-electron chi connectivity index (χ2n) is 6.85. The molecule has 4 rings (SSSR count). The van der Waals surface area contributed by atoms with Crippen molar-refractivity contribution in [3.63, 3.8) is 0 Å². The van der Waals surface area contributed by atoms with Crippen molar-refractivity contribution in [1.29, 1.82) is 0 Å². The Balaban J connectivity index is 1.40. The number of rotatable bonds is 6. The SMILES string of the molecule is c1ccc(-c2nnc(CN3CCCCC3CCc3ccccn3)o2)cc1. The summed E-state index contributed by atoms with van der Waals surface area (Å²) in [6, 6.07) is 16.6. The summed E-state index contributed by atoms with van der Waals surface area (Å²) >= 11 is 0. The first-order valence-corrected chi connectivity index (χ1v) is 9.40. The fraction of sp³-hybridized carbons (Fsp3) is 0.381. The van der Waals surface area contributed by atoms with Crippen LogP contribution in [0.15, 0.2) is 59.1 Å². The Hall–Kier alpha value is -2.53. The minimum atomic E-state index is 0.554. The summed E-state index contributed by atoms with van der Waals surface area (Å²) < 4.78 is 5.91. The summed E-state index contributed by atoms with van der Waals surface area (Å²) in [6.45, 7) is 1.82. The Morgan fingerprint density at radius 3 is 2.73 bits per heavy atom. The summed E-state index contributed by atoms with van der Waals surface area (Å²) in [4.78, 5) is 6.94. The molecule has 0 N–H and O–H groups in total. The number of likely N-dealkylation sites (tertiary alicyclic amines) is 1. The fourth-order valence-corrected chi connectivity index (χ4v) is 3.64. The molecule has 1 fully saturated rings. The summed E-state index contributed by atoms with van der Waals surface area (Å²) in [5, 5.41) is 8.49. The third kappa shape index (κ3) is 4.17. The van der Waals surface area contributed by atoms with Crippen LogP contribution in [0.2, 0.25) is 0 Å². The van der Waals surface area contributed by atoms with E-state index in [9.17, 15) is 0 Å². The van der Waals surface area contributed by atoms with Gasteiger partial charge in [0.05, 0.1) is 6.54 Å². The third-order valence-corrected chi connectivity index (χ3v) is 5.03. The number of aryl methyl sites for hydroxylation is 1. The maximum absolute atomic E-state index is 5.91. The molecule has 0 radical (unpaired) electrons. The largest absolute Gasteiger partial charge is 0.419 e. The number of piperidine rings is 1. The van der Waals surface area contributed by atoms with Crippen molar-refractivity contribution in [3.05, 3.63) is 66.3 Å². The maximum atomic E-state index is 5.91. The van der Waals surface area contributed by atoms with Crippen molar-refractivity contribution in [2.24, 2.45) is 0 Å². The third-order valence-electron chi connectivity index (χ3n) is 5.03. The highest BCUT2D eigenvalue weighted by molar-refractivity contribution is 5.51. The first kappa shape index (κ1) is 16.9. The Morgan fingerprint density at radius 1 is 1.00 bits per heavy atom. The van der Waals surface area contributed by atoms with Crippen LogP contribution in [0.5, 0.6) is 0 Å². The zero-order valence-corrected chi connectivity index (χ0v) is 14.9. The van der Waals surface area contributed by atoms with Gasteiger partial charge in [0.2, 0.25) is 11.8 Å². The molecule has 1 aliphatic heterocycles. The van der Waals surface area contributed by atoms with Crippen molar-refractivity contribution in [3.8, 4) is 11.5 Å². The first-order valence-electron chi connectivity index (χ1n) is 9.40. The second-order valence-corrected chi connectivity index (χ2v) is 6.85. The molecule has 1 aliphatic rings. The van der Waals surface area contributed by atoms with Gasteiger partial charge in [-0.3, -0.25) is 9.88 Å². The molecule has 1 atom stereocenters. The van der Waals surface area contributed by atoms with Crippen molar-refractivity contribution >= 4 is 0 Å². The lowest BCUT2D eigenvalue weighted by atomic mass is 9.97. The predicted octanol–water partition coefficient (Wildman–Crippen LogP) is 4.12. The minimum absolute atomic E-state index is 0.554. The van der Waals surface area contributed by atoms with E-state index in [0.29, 0.717) is 17.8 Å². The highest BCUT2D eigenvalue weighted by Crippen LogP contribution is 2.24. The van der Waals surface area contributed by atoms with E-state index >= 15 is 0 Å². The Labute approximate surface area is 154 Å². The van der Waals surface area contributed by atoms with Gasteiger partial charge >= 0.3 is 0 Å². The lowest BCUT2D eigenvalue weighted by Crippen LogP contribution is -2.39. The van der Waals surface area contributed by atoms with Gasteiger partial charge in [0, 0.05) is 23.5 Å². The molecular formula is C21H24N4O. The molecule has 0 saturated carbocycles. The van der Waals surface area contributed by atoms with Crippen LogP contribution >= 0.6 is 0 Å². The molecule has 0 bridgehead atoms. The molecule has 26 heavy (non-hydrogen) atoms. The minimum Gasteiger partial charge on any atom is -0.419 e. The molecule has 2 aromatic heterocycles. The van der Waals surface area contributed by atoms with Gasteiger partial charge in [-0.05, 0) is 56.5 Å². The van der Waals surface area contributed by atoms with E-state index < -0.39 is 0 Å². The first-order chi connectivity index (χ1) is 12.9. The average molecular weight is 348 g/mol. The Morgan fingerprint density at radius 2 is 1.88 bits per heavy atom. The Kier molecular flexibility index (Phi) is 5.36. The molecule has 1 saturated heterocycles. The lowest BCUT2D eigenvalue weighted by Gasteiger charge is -2.34. The Bertz CT molecular complexity index is 803. The van der Waals surface area contributed by atoms with Crippen molar-refractivity contribution in [2.45, 2.75) is 44.7 Å². The predicted molar refractivity (Wildman–Crippen MR) is 100 cm³/mol. The van der Waals surface area contributed by atoms with Crippen molar-refractivity contribution in [1.82, 2.24) is 20.1 Å². The zero-order chi connectivity index (χ0) is 17.6. The highest BCUT2D eigenvalue weighted by atomic mass is 16.4. The molecule has 1 unspecified atom stereocenters. The topological polar surface area (TPSA) is 55.1 Å². The van der Waals surface area contributed by atoms with Gasteiger partial charge in [-0.2, -0.15) is 0 Å². The van der Waals surface area contributed by atoms with Gasteiger partial charge < -0.3 is 4.42 Å². The van der Waals surface area contributed by atoms with Crippen LogP contribution in [0.1, 0.15) is 37.3 Å². The number of nitrogens with zero attached hydrogens (tertiary/aromatic N) is 4. The van der Waals surface area contributed by atoms with Crippen LogP contribution in [-0.2, 0) is 13.0 Å².